The molecule has 2 amide bonds. The number of hydrogen-bond donors (Lipinski definition) is 4. The van der Waals surface area contributed by atoms with E-state index in [9.17, 15) is 27.9 Å². The Morgan fingerprint density at radius 1 is 1.07 bits per heavy atom. The first-order valence-electron chi connectivity index (χ1n) is 19.7. The third-order valence-corrected chi connectivity index (χ3v) is 12.9. The van der Waals surface area contributed by atoms with Crippen molar-refractivity contribution < 1.29 is 61.1 Å². The molecule has 61 heavy (non-hydrogen) atoms. The molecule has 0 aliphatic carbocycles. The van der Waals surface area contributed by atoms with Gasteiger partial charge in [0.1, 0.15) is 30.9 Å². The maximum atomic E-state index is 14.6. The number of carboxylic acids is 1. The maximum Gasteiger partial charge on any atom is 0.407 e. The van der Waals surface area contributed by atoms with E-state index < -0.39 is 71.6 Å². The second kappa shape index (κ2) is 19.6. The molecule has 2 aromatic heterocycles. The number of ether oxygens (including phenoxy) is 7. The molecule has 2 saturated heterocycles. The zero-order valence-corrected chi connectivity index (χ0v) is 35.3. The number of benzene rings is 2. The summed E-state index contributed by atoms with van der Waals surface area (Å²) in [6.45, 7) is 4.98. The Bertz CT molecular complexity index is 2240. The molecule has 2 fully saturated rings. The number of fused-ring (bicyclic) bond motifs is 2. The maximum absolute atomic E-state index is 14.6. The van der Waals surface area contributed by atoms with E-state index in [4.69, 9.17) is 33.2 Å². The van der Waals surface area contributed by atoms with Gasteiger partial charge in [0.25, 0.3) is 5.91 Å². The molecule has 0 spiro atoms. The zero-order valence-electron chi connectivity index (χ0n) is 33.7. The minimum Gasteiger partial charge on any atom is -0.487 e. The standard InChI is InChI=1S/C40H48N6O13S2/c1-23(2)16-46(61(51,52)28-8-9-32-33(15-28)58-22-57-32)17-30(37(38(48)49)55-20-36(47)44-35-10-12-41-45-35)31(43-40(50)59-34-19-56-39-29(34)11-13-53-39)14-25-4-6-27(7-5-25)54-18-26-21-60-24(3)42-26/h4-10,12,15,21,23,29-31,34,37,39H,11,13-14,16-20,22H2,1-3H3,(H,43,50)(H,48,49)(H2,41,44,45,47)/t29-,30+,31?,34-,37-,39+/m0/s1. The summed E-state index contributed by atoms with van der Waals surface area (Å²) in [4.78, 5) is 44.6. The number of anilines is 1. The third kappa shape index (κ3) is 11.1. The van der Waals surface area contributed by atoms with Gasteiger partial charge in [-0.25, -0.2) is 23.0 Å². The van der Waals surface area contributed by atoms with Crippen LogP contribution < -0.4 is 24.8 Å². The zero-order chi connectivity index (χ0) is 43.1. The Hall–Kier alpha value is -5.32. The first-order chi connectivity index (χ1) is 29.3. The Kier molecular flexibility index (Phi) is 14.1. The van der Waals surface area contributed by atoms with Crippen molar-refractivity contribution in [2.75, 3.05) is 45.0 Å². The van der Waals surface area contributed by atoms with Gasteiger partial charge in [-0.05, 0) is 55.5 Å². The monoisotopic (exact) mass is 884 g/mol. The SMILES string of the molecule is Cc1nc(COc2ccc(CC(NC(=O)O[C@H]3CO[C@H]4OCC[C@H]43)[C@@H](CN(CC(C)C)S(=O)(=O)c3ccc4c(c3)OCO4)[C@H](OCC(=O)Nc3ccn[nH]3)C(=O)O)cc2)cs1. The van der Waals surface area contributed by atoms with Crippen molar-refractivity contribution >= 4 is 45.1 Å². The van der Waals surface area contributed by atoms with Crippen molar-refractivity contribution in [2.24, 2.45) is 17.8 Å². The van der Waals surface area contributed by atoms with E-state index in [-0.39, 0.29) is 61.3 Å². The highest BCUT2D eigenvalue weighted by atomic mass is 32.2. The first-order valence-corrected chi connectivity index (χ1v) is 22.0. The molecule has 6 atom stereocenters. The Morgan fingerprint density at radius 2 is 1.87 bits per heavy atom. The van der Waals surface area contributed by atoms with Gasteiger partial charge < -0.3 is 48.9 Å². The van der Waals surface area contributed by atoms with Gasteiger partial charge in [-0.3, -0.25) is 9.89 Å². The highest BCUT2D eigenvalue weighted by Gasteiger charge is 2.45. The van der Waals surface area contributed by atoms with Crippen LogP contribution in [0.1, 0.15) is 36.5 Å². The molecule has 19 nitrogen and oxygen atoms in total. The highest BCUT2D eigenvalue weighted by molar-refractivity contribution is 7.89. The fraction of sp³-hybridized carbons (Fsp3) is 0.475. The number of carbonyl (C=O) groups is 3. The number of carboxylic acid groups (broad SMARTS) is 1. The summed E-state index contributed by atoms with van der Waals surface area (Å²) >= 11 is 1.51. The molecule has 4 aromatic rings. The number of aromatic amines is 1. The Labute approximate surface area is 356 Å². The van der Waals surface area contributed by atoms with Crippen LogP contribution >= 0.6 is 11.3 Å². The lowest BCUT2D eigenvalue weighted by atomic mass is 9.88. The molecule has 0 saturated carbocycles. The summed E-state index contributed by atoms with van der Waals surface area (Å²) in [6.07, 6.45) is -1.87. The summed E-state index contributed by atoms with van der Waals surface area (Å²) in [7, 11) is -4.37. The average Bonchev–Trinajstić information content (AvgIpc) is 4.08. The number of rotatable bonds is 20. The number of nitrogens with zero attached hydrogens (tertiary/aromatic N) is 3. The third-order valence-electron chi connectivity index (χ3n) is 10.3. The molecular weight excluding hydrogens is 837 g/mol. The number of amides is 2. The number of aromatic nitrogens is 3. The van der Waals surface area contributed by atoms with Crippen LogP contribution in [0.2, 0.25) is 0 Å². The van der Waals surface area contributed by atoms with Gasteiger partial charge in [0, 0.05) is 42.6 Å². The van der Waals surface area contributed by atoms with Crippen LogP contribution in [-0.4, -0.2) is 115 Å². The molecule has 4 N–H and O–H groups in total. The van der Waals surface area contributed by atoms with E-state index in [0.717, 1.165) is 15.0 Å². The molecule has 1 unspecified atom stereocenters. The van der Waals surface area contributed by atoms with E-state index in [0.29, 0.717) is 30.1 Å². The van der Waals surface area contributed by atoms with Crippen LogP contribution in [-0.2, 0) is 51.6 Å². The van der Waals surface area contributed by atoms with Gasteiger partial charge in [0.05, 0.1) is 40.9 Å². The van der Waals surface area contributed by atoms with Gasteiger partial charge in [-0.1, -0.05) is 26.0 Å². The number of nitrogens with one attached hydrogen (secondary N) is 3. The van der Waals surface area contributed by atoms with Crippen LogP contribution in [0, 0.1) is 24.7 Å². The fourth-order valence-electron chi connectivity index (χ4n) is 7.38. The Balaban J connectivity index is 1.22. The minimum atomic E-state index is -4.37. The van der Waals surface area contributed by atoms with Crippen molar-refractivity contribution in [3.05, 3.63) is 76.4 Å². The van der Waals surface area contributed by atoms with Crippen LogP contribution in [0.5, 0.6) is 17.2 Å². The van der Waals surface area contributed by atoms with E-state index >= 15 is 0 Å². The number of H-pyrrole nitrogens is 1. The topological polar surface area (TPSA) is 239 Å². The van der Waals surface area contributed by atoms with E-state index in [1.807, 2.05) is 26.2 Å². The fourth-order valence-corrected chi connectivity index (χ4v) is 9.63. The predicted molar refractivity (Wildman–Crippen MR) is 217 cm³/mol. The van der Waals surface area contributed by atoms with Crippen LogP contribution in [0.15, 0.2) is 65.0 Å². The molecule has 3 aliphatic heterocycles. The van der Waals surface area contributed by atoms with Gasteiger partial charge in [-0.2, -0.15) is 9.40 Å². The molecule has 328 valence electrons. The lowest BCUT2D eigenvalue weighted by Crippen LogP contribution is -2.55. The van der Waals surface area contributed by atoms with Gasteiger partial charge in [0.15, 0.2) is 23.9 Å². The number of aliphatic carboxylic acids is 1. The van der Waals surface area contributed by atoms with E-state index in [2.05, 4.69) is 25.8 Å². The number of alkyl carbamates (subject to hydrolysis) is 1. The molecule has 21 heteroatoms. The molecule has 2 aromatic carbocycles. The molecular formula is C40H48N6O13S2. The van der Waals surface area contributed by atoms with Crippen molar-refractivity contribution in [1.29, 1.82) is 0 Å². The summed E-state index contributed by atoms with van der Waals surface area (Å²) in [5.74, 6) is -2.58. The van der Waals surface area contributed by atoms with Crippen molar-refractivity contribution in [1.82, 2.24) is 24.8 Å². The largest absolute Gasteiger partial charge is 0.487 e. The summed E-state index contributed by atoms with van der Waals surface area (Å²) in [6, 6.07) is 11.5. The molecule has 7 rings (SSSR count). The second-order valence-electron chi connectivity index (χ2n) is 15.2. The lowest BCUT2D eigenvalue weighted by Gasteiger charge is -2.36. The van der Waals surface area contributed by atoms with Gasteiger partial charge in [-0.15, -0.1) is 11.3 Å². The average molecular weight is 885 g/mol. The number of sulfonamides is 1. The van der Waals surface area contributed by atoms with Crippen molar-refractivity contribution in [2.45, 2.75) is 69.7 Å². The summed E-state index contributed by atoms with van der Waals surface area (Å²) in [5, 5.41) is 25.5. The second-order valence-corrected chi connectivity index (χ2v) is 18.2. The molecule has 0 bridgehead atoms. The number of hydrogen-bond acceptors (Lipinski definition) is 15. The van der Waals surface area contributed by atoms with Gasteiger partial charge >= 0.3 is 12.1 Å². The van der Waals surface area contributed by atoms with Crippen LogP contribution in [0.4, 0.5) is 10.6 Å². The molecule has 0 radical (unpaired) electrons. The number of thiazole rings is 1. The Morgan fingerprint density at radius 3 is 2.59 bits per heavy atom. The van der Waals surface area contributed by atoms with Crippen molar-refractivity contribution in [3.63, 3.8) is 0 Å². The number of carbonyl (C=O) groups excluding carboxylic acids is 2. The van der Waals surface area contributed by atoms with E-state index in [1.54, 1.807) is 24.3 Å². The van der Waals surface area contributed by atoms with Crippen LogP contribution in [0.25, 0.3) is 0 Å². The quantitative estimate of drug-likeness (QED) is 0.0983. The minimum absolute atomic E-state index is 0.0191. The summed E-state index contributed by atoms with van der Waals surface area (Å²) in [5.41, 5.74) is 1.41. The first kappa shape index (κ1) is 43.8. The lowest BCUT2D eigenvalue weighted by molar-refractivity contribution is -0.157. The normalized spacial score (nSPS) is 19.7. The van der Waals surface area contributed by atoms with Crippen LogP contribution in [0.3, 0.4) is 0 Å². The van der Waals surface area contributed by atoms with E-state index in [1.165, 1.54) is 41.8 Å². The molecule has 5 heterocycles. The predicted octanol–water partition coefficient (Wildman–Crippen LogP) is 3.95. The van der Waals surface area contributed by atoms with Crippen molar-refractivity contribution in [3.8, 4) is 17.2 Å². The van der Waals surface area contributed by atoms with Gasteiger partial charge in [0.2, 0.25) is 16.8 Å². The smallest absolute Gasteiger partial charge is 0.407 e. The molecule has 3 aliphatic rings. The highest BCUT2D eigenvalue weighted by Crippen LogP contribution is 2.36. The number of aryl methyl sites for hydroxylation is 1. The summed E-state index contributed by atoms with van der Waals surface area (Å²) < 4.78 is 70.2.